The number of amides is 1. The fraction of sp³-hybridized carbons (Fsp3) is 0.158. The van der Waals surface area contributed by atoms with Crippen LogP contribution in [0, 0.1) is 11.3 Å². The molecule has 0 aliphatic rings. The number of carbonyl (C=O) groups is 1. The summed E-state index contributed by atoms with van der Waals surface area (Å²) >= 11 is 0. The zero-order valence-electron chi connectivity index (χ0n) is 13.3. The van der Waals surface area contributed by atoms with Gasteiger partial charge in [-0.25, -0.2) is 0 Å². The fourth-order valence-corrected chi connectivity index (χ4v) is 2.12. The predicted molar refractivity (Wildman–Crippen MR) is 89.8 cm³/mol. The summed E-state index contributed by atoms with van der Waals surface area (Å²) in [6.45, 7) is -2.49. The first-order chi connectivity index (χ1) is 12.1. The maximum Gasteiger partial charge on any atom is 0.387 e. The number of rotatable bonds is 7. The second-order valence-electron chi connectivity index (χ2n) is 5.11. The molecular weight excluding hydrogens is 326 g/mol. The lowest BCUT2D eigenvalue weighted by molar-refractivity contribution is -0.117. The summed E-state index contributed by atoms with van der Waals surface area (Å²) in [5.74, 6) is -0.468. The molecule has 0 aromatic heterocycles. The molecule has 4 nitrogen and oxygen atoms in total. The van der Waals surface area contributed by atoms with Gasteiger partial charge in [-0.2, -0.15) is 14.0 Å². The van der Waals surface area contributed by atoms with Gasteiger partial charge in [-0.3, -0.25) is 4.79 Å². The van der Waals surface area contributed by atoms with E-state index < -0.39 is 12.5 Å². The lowest BCUT2D eigenvalue weighted by Crippen LogP contribution is -2.26. The molecule has 0 atom stereocenters. The maximum absolute atomic E-state index is 12.1. The Morgan fingerprint density at radius 1 is 1.16 bits per heavy atom. The smallest absolute Gasteiger partial charge is 0.387 e. The van der Waals surface area contributed by atoms with Gasteiger partial charge in [0, 0.05) is 6.54 Å². The highest BCUT2D eigenvalue weighted by Crippen LogP contribution is 2.16. The number of halogens is 2. The van der Waals surface area contributed by atoms with Crippen LogP contribution < -0.4 is 10.1 Å². The first kappa shape index (κ1) is 18.1. The molecule has 0 radical (unpaired) electrons. The minimum Gasteiger partial charge on any atom is -0.435 e. The topological polar surface area (TPSA) is 62.1 Å². The molecule has 0 fully saturated rings. The lowest BCUT2D eigenvalue weighted by atomic mass is 10.1. The van der Waals surface area contributed by atoms with Crippen LogP contribution in [0.25, 0.3) is 6.08 Å². The molecule has 1 amide bonds. The largest absolute Gasteiger partial charge is 0.435 e. The fourth-order valence-electron chi connectivity index (χ4n) is 2.12. The summed E-state index contributed by atoms with van der Waals surface area (Å²) in [4.78, 5) is 12.1. The molecular formula is C19H16F2N2O2. The highest BCUT2D eigenvalue weighted by atomic mass is 19.3. The van der Waals surface area contributed by atoms with E-state index in [1.165, 1.54) is 30.3 Å². The van der Waals surface area contributed by atoms with E-state index in [-0.39, 0.29) is 11.3 Å². The minimum absolute atomic E-state index is 0.0120. The number of nitrogens with zero attached hydrogens (tertiary/aromatic N) is 1. The van der Waals surface area contributed by atoms with Crippen molar-refractivity contribution >= 4 is 12.0 Å². The second-order valence-corrected chi connectivity index (χ2v) is 5.11. The molecule has 0 unspecified atom stereocenters. The van der Waals surface area contributed by atoms with Crippen LogP contribution in [-0.2, 0) is 11.2 Å². The van der Waals surface area contributed by atoms with Gasteiger partial charge in [0.15, 0.2) is 0 Å². The van der Waals surface area contributed by atoms with Crippen LogP contribution >= 0.6 is 0 Å². The van der Waals surface area contributed by atoms with Crippen LogP contribution in [0.3, 0.4) is 0 Å². The molecule has 1 N–H and O–H groups in total. The minimum atomic E-state index is -2.90. The molecule has 0 aliphatic heterocycles. The number of hydrogen-bond donors (Lipinski definition) is 1. The number of hydrogen-bond acceptors (Lipinski definition) is 3. The third-order valence-electron chi connectivity index (χ3n) is 3.32. The van der Waals surface area contributed by atoms with Crippen molar-refractivity contribution in [3.05, 3.63) is 71.3 Å². The van der Waals surface area contributed by atoms with Crippen LogP contribution in [-0.4, -0.2) is 19.1 Å². The highest BCUT2D eigenvalue weighted by molar-refractivity contribution is 6.01. The summed E-state index contributed by atoms with van der Waals surface area (Å²) in [5.41, 5.74) is 1.56. The molecule has 2 aromatic carbocycles. The summed E-state index contributed by atoms with van der Waals surface area (Å²) < 4.78 is 28.4. The summed E-state index contributed by atoms with van der Waals surface area (Å²) in [6.07, 6.45) is 2.05. The van der Waals surface area contributed by atoms with Crippen molar-refractivity contribution in [1.29, 1.82) is 5.26 Å². The molecule has 0 spiro atoms. The third-order valence-corrected chi connectivity index (χ3v) is 3.32. The van der Waals surface area contributed by atoms with Gasteiger partial charge in [-0.1, -0.05) is 42.5 Å². The van der Waals surface area contributed by atoms with E-state index in [0.717, 1.165) is 5.56 Å². The van der Waals surface area contributed by atoms with E-state index in [2.05, 4.69) is 10.1 Å². The van der Waals surface area contributed by atoms with Gasteiger partial charge in [0.2, 0.25) is 0 Å². The van der Waals surface area contributed by atoms with E-state index in [1.807, 2.05) is 36.4 Å². The standard InChI is InChI=1S/C19H16F2N2O2/c20-19(21)25-17-8-6-15(7-9-17)12-16(13-22)18(24)23-11-10-14-4-2-1-3-5-14/h1-9,12,19H,10-11H2,(H,23,24). The second kappa shape index (κ2) is 9.18. The Hall–Kier alpha value is -3.20. The molecule has 0 saturated heterocycles. The van der Waals surface area contributed by atoms with Gasteiger partial charge in [0.25, 0.3) is 5.91 Å². The molecule has 0 heterocycles. The summed E-state index contributed by atoms with van der Waals surface area (Å²) in [5, 5.41) is 11.8. The molecule has 2 aromatic rings. The van der Waals surface area contributed by atoms with Crippen LogP contribution in [0.5, 0.6) is 5.75 Å². The number of alkyl halides is 2. The Morgan fingerprint density at radius 3 is 2.44 bits per heavy atom. The zero-order chi connectivity index (χ0) is 18.1. The van der Waals surface area contributed by atoms with Gasteiger partial charge < -0.3 is 10.1 Å². The number of carbonyl (C=O) groups excluding carboxylic acids is 1. The van der Waals surface area contributed by atoms with E-state index >= 15 is 0 Å². The molecule has 25 heavy (non-hydrogen) atoms. The maximum atomic E-state index is 12.1. The molecule has 6 heteroatoms. The van der Waals surface area contributed by atoms with E-state index in [0.29, 0.717) is 18.5 Å². The average Bonchev–Trinajstić information content (AvgIpc) is 2.61. The van der Waals surface area contributed by atoms with Crippen molar-refractivity contribution in [3.63, 3.8) is 0 Å². The normalized spacial score (nSPS) is 11.0. The molecule has 2 rings (SSSR count). The van der Waals surface area contributed by atoms with Gasteiger partial charge in [-0.15, -0.1) is 0 Å². The average molecular weight is 342 g/mol. The van der Waals surface area contributed by atoms with Gasteiger partial charge >= 0.3 is 6.61 Å². The zero-order valence-corrected chi connectivity index (χ0v) is 13.3. The van der Waals surface area contributed by atoms with Crippen molar-refractivity contribution in [1.82, 2.24) is 5.32 Å². The highest BCUT2D eigenvalue weighted by Gasteiger charge is 2.09. The Balaban J connectivity index is 1.94. The molecule has 128 valence electrons. The molecule has 0 saturated carbocycles. The number of nitriles is 1. The van der Waals surface area contributed by atoms with Crippen LogP contribution in [0.4, 0.5) is 8.78 Å². The van der Waals surface area contributed by atoms with Crippen molar-refractivity contribution in [2.75, 3.05) is 6.54 Å². The van der Waals surface area contributed by atoms with Gasteiger partial charge in [0.1, 0.15) is 17.4 Å². The Morgan fingerprint density at radius 2 is 1.84 bits per heavy atom. The SMILES string of the molecule is N#CC(=Cc1ccc(OC(F)F)cc1)C(=O)NCCc1ccccc1. The predicted octanol–water partition coefficient (Wildman–Crippen LogP) is 3.55. The number of benzene rings is 2. The van der Waals surface area contributed by atoms with Gasteiger partial charge in [-0.05, 0) is 35.8 Å². The van der Waals surface area contributed by atoms with E-state index in [9.17, 15) is 13.6 Å². The van der Waals surface area contributed by atoms with Crippen molar-refractivity contribution < 1.29 is 18.3 Å². The number of nitrogens with one attached hydrogen (secondary N) is 1. The monoisotopic (exact) mass is 342 g/mol. The van der Waals surface area contributed by atoms with E-state index in [1.54, 1.807) is 0 Å². The quantitative estimate of drug-likeness (QED) is 0.618. The first-order valence-corrected chi connectivity index (χ1v) is 7.57. The Kier molecular flexibility index (Phi) is 6.66. The van der Waals surface area contributed by atoms with E-state index in [4.69, 9.17) is 5.26 Å². The lowest BCUT2D eigenvalue weighted by Gasteiger charge is -2.06. The Bertz CT molecular complexity index is 766. The van der Waals surface area contributed by atoms with Gasteiger partial charge in [0.05, 0.1) is 0 Å². The summed E-state index contributed by atoms with van der Waals surface area (Å²) in [7, 11) is 0. The molecule has 0 bridgehead atoms. The van der Waals surface area contributed by atoms with Crippen LogP contribution in [0.1, 0.15) is 11.1 Å². The van der Waals surface area contributed by atoms with Crippen molar-refractivity contribution in [2.45, 2.75) is 13.0 Å². The van der Waals surface area contributed by atoms with Crippen molar-refractivity contribution in [2.24, 2.45) is 0 Å². The first-order valence-electron chi connectivity index (χ1n) is 7.57. The third kappa shape index (κ3) is 6.07. The number of ether oxygens (including phenoxy) is 1. The van der Waals surface area contributed by atoms with Crippen LogP contribution in [0.15, 0.2) is 60.2 Å². The Labute approximate surface area is 144 Å². The molecule has 0 aliphatic carbocycles. The van der Waals surface area contributed by atoms with Crippen molar-refractivity contribution in [3.8, 4) is 11.8 Å². The van der Waals surface area contributed by atoms with Crippen LogP contribution in [0.2, 0.25) is 0 Å². The summed E-state index contributed by atoms with van der Waals surface area (Å²) in [6, 6.07) is 17.2.